The summed E-state index contributed by atoms with van der Waals surface area (Å²) in [5.74, 6) is -0.232. The average Bonchev–Trinajstić information content (AvgIpc) is 2.85. The molecule has 1 aromatic rings. The topological polar surface area (TPSA) is 81.4 Å². The van der Waals surface area contributed by atoms with E-state index in [9.17, 15) is 9.59 Å². The molecular formula is C29H50N2O3. The van der Waals surface area contributed by atoms with Crippen molar-refractivity contribution in [1.29, 1.82) is 0 Å². The van der Waals surface area contributed by atoms with Crippen LogP contribution < -0.4 is 11.1 Å². The van der Waals surface area contributed by atoms with Gasteiger partial charge in [-0.1, -0.05) is 114 Å². The van der Waals surface area contributed by atoms with Gasteiger partial charge in [-0.15, -0.1) is 0 Å². The zero-order chi connectivity index (χ0) is 24.7. The van der Waals surface area contributed by atoms with Crippen molar-refractivity contribution in [2.24, 2.45) is 5.73 Å². The summed E-state index contributed by atoms with van der Waals surface area (Å²) in [7, 11) is 0. The molecule has 194 valence electrons. The predicted molar refractivity (Wildman–Crippen MR) is 141 cm³/mol. The molecule has 0 bridgehead atoms. The summed E-state index contributed by atoms with van der Waals surface area (Å²) in [5.41, 5.74) is 6.88. The summed E-state index contributed by atoms with van der Waals surface area (Å²) in [6, 6.07) is 8.98. The number of rotatable bonds is 22. The molecule has 1 amide bonds. The Labute approximate surface area is 208 Å². The van der Waals surface area contributed by atoms with Crippen LogP contribution in [0.3, 0.4) is 0 Å². The maximum Gasteiger partial charge on any atom is 0.323 e. The third-order valence-electron chi connectivity index (χ3n) is 6.30. The minimum atomic E-state index is -0.606. The fourth-order valence-corrected chi connectivity index (χ4v) is 4.06. The van der Waals surface area contributed by atoms with Crippen molar-refractivity contribution < 1.29 is 14.3 Å². The third-order valence-corrected chi connectivity index (χ3v) is 6.30. The molecule has 1 aromatic carbocycles. The quantitative estimate of drug-likeness (QED) is 0.143. The van der Waals surface area contributed by atoms with Gasteiger partial charge < -0.3 is 15.8 Å². The Bertz CT molecular complexity index is 621. The Balaban J connectivity index is 1.85. The van der Waals surface area contributed by atoms with Crippen LogP contribution in [0.1, 0.15) is 122 Å². The number of benzene rings is 1. The van der Waals surface area contributed by atoms with Crippen molar-refractivity contribution in [3.63, 3.8) is 0 Å². The Kier molecular flexibility index (Phi) is 19.2. The Morgan fingerprint density at radius 2 is 1.35 bits per heavy atom. The molecule has 0 heterocycles. The largest absolute Gasteiger partial charge is 0.460 e. The lowest BCUT2D eigenvalue weighted by atomic mass is 10.0. The molecule has 0 saturated carbocycles. The highest BCUT2D eigenvalue weighted by Gasteiger charge is 2.14. The minimum Gasteiger partial charge on any atom is -0.460 e. The molecule has 3 N–H and O–H groups in total. The molecular weight excluding hydrogens is 424 g/mol. The van der Waals surface area contributed by atoms with E-state index in [1.54, 1.807) is 0 Å². The molecule has 0 aliphatic rings. The van der Waals surface area contributed by atoms with Crippen LogP contribution in [0.15, 0.2) is 30.3 Å². The number of ether oxygens (including phenoxy) is 1. The third kappa shape index (κ3) is 17.6. The molecule has 1 atom stereocenters. The lowest BCUT2D eigenvalue weighted by Gasteiger charge is -2.12. The first-order valence-electron chi connectivity index (χ1n) is 13.9. The highest BCUT2D eigenvalue weighted by Crippen LogP contribution is 2.13. The van der Waals surface area contributed by atoms with Crippen molar-refractivity contribution in [2.45, 2.75) is 129 Å². The number of hydrogen-bond acceptors (Lipinski definition) is 4. The second-order valence-electron chi connectivity index (χ2n) is 9.54. The van der Waals surface area contributed by atoms with Crippen LogP contribution in [-0.4, -0.2) is 24.5 Å². The van der Waals surface area contributed by atoms with Gasteiger partial charge in [-0.25, -0.2) is 0 Å². The van der Waals surface area contributed by atoms with E-state index in [0.717, 1.165) is 31.2 Å². The Morgan fingerprint density at radius 3 is 1.94 bits per heavy atom. The second kappa shape index (κ2) is 21.6. The van der Waals surface area contributed by atoms with Crippen LogP contribution in [0.25, 0.3) is 0 Å². The van der Waals surface area contributed by atoms with E-state index in [2.05, 4.69) is 12.2 Å². The fraction of sp³-hybridized carbons (Fsp3) is 0.724. The standard InChI is InChI=1S/C29H50N2O3/c1-2-3-4-5-6-7-8-9-10-11-12-13-17-23-28(32)31-24-19-18-22-27(30)29(33)34-25-26-20-15-14-16-21-26/h14-16,20-21,27H,2-13,17-19,22-25,30H2,1H3,(H,31,32). The summed E-state index contributed by atoms with van der Waals surface area (Å²) in [6.45, 7) is 3.16. The summed E-state index contributed by atoms with van der Waals surface area (Å²) >= 11 is 0. The summed E-state index contributed by atoms with van der Waals surface area (Å²) in [4.78, 5) is 23.9. The van der Waals surface area contributed by atoms with Crippen LogP contribution >= 0.6 is 0 Å². The first kappa shape index (κ1) is 30.2. The number of hydrogen-bond donors (Lipinski definition) is 2. The monoisotopic (exact) mass is 474 g/mol. The van der Waals surface area contributed by atoms with Crippen molar-refractivity contribution >= 4 is 11.9 Å². The number of nitrogens with one attached hydrogen (secondary N) is 1. The van der Waals surface area contributed by atoms with Crippen LogP contribution in [0.2, 0.25) is 0 Å². The van der Waals surface area contributed by atoms with Crippen molar-refractivity contribution in [3.05, 3.63) is 35.9 Å². The molecule has 0 spiro atoms. The second-order valence-corrected chi connectivity index (χ2v) is 9.54. The lowest BCUT2D eigenvalue weighted by molar-refractivity contribution is -0.146. The number of unbranched alkanes of at least 4 members (excludes halogenated alkanes) is 13. The number of esters is 1. The van der Waals surface area contributed by atoms with E-state index in [0.29, 0.717) is 19.4 Å². The molecule has 1 rings (SSSR count). The molecule has 1 unspecified atom stereocenters. The van der Waals surface area contributed by atoms with Crippen molar-refractivity contribution in [2.75, 3.05) is 6.54 Å². The van der Waals surface area contributed by atoms with Gasteiger partial charge in [0.05, 0.1) is 0 Å². The van der Waals surface area contributed by atoms with E-state index < -0.39 is 6.04 Å². The van der Waals surface area contributed by atoms with Crippen LogP contribution in [0.5, 0.6) is 0 Å². The van der Waals surface area contributed by atoms with Gasteiger partial charge in [0.1, 0.15) is 12.6 Å². The minimum absolute atomic E-state index is 0.134. The van der Waals surface area contributed by atoms with E-state index in [4.69, 9.17) is 10.5 Å². The molecule has 0 aromatic heterocycles. The Morgan fingerprint density at radius 1 is 0.794 bits per heavy atom. The van der Waals surface area contributed by atoms with Gasteiger partial charge in [0, 0.05) is 13.0 Å². The number of carbonyl (C=O) groups is 2. The van der Waals surface area contributed by atoms with E-state index in [1.807, 2.05) is 30.3 Å². The number of amides is 1. The van der Waals surface area contributed by atoms with Gasteiger partial charge in [-0.05, 0) is 31.2 Å². The summed E-state index contributed by atoms with van der Waals surface area (Å²) in [5, 5.41) is 2.98. The zero-order valence-corrected chi connectivity index (χ0v) is 21.7. The maximum atomic E-state index is 12.0. The number of nitrogens with two attached hydrogens (primary N) is 1. The summed E-state index contributed by atoms with van der Waals surface area (Å²) in [6.07, 6.45) is 19.9. The van der Waals surface area contributed by atoms with Crippen molar-refractivity contribution in [3.8, 4) is 0 Å². The van der Waals surface area contributed by atoms with Gasteiger partial charge in [0.25, 0.3) is 0 Å². The molecule has 0 radical (unpaired) electrons. The maximum absolute atomic E-state index is 12.0. The first-order valence-corrected chi connectivity index (χ1v) is 13.9. The van der Waals surface area contributed by atoms with Gasteiger partial charge >= 0.3 is 5.97 Å². The summed E-state index contributed by atoms with van der Waals surface area (Å²) < 4.78 is 5.26. The first-order chi connectivity index (χ1) is 16.6. The smallest absolute Gasteiger partial charge is 0.323 e. The van der Waals surface area contributed by atoms with Crippen molar-refractivity contribution in [1.82, 2.24) is 5.32 Å². The molecule has 0 aliphatic heterocycles. The van der Waals surface area contributed by atoms with Crippen LogP contribution in [-0.2, 0) is 20.9 Å². The highest BCUT2D eigenvalue weighted by atomic mass is 16.5. The highest BCUT2D eigenvalue weighted by molar-refractivity contribution is 5.76. The van der Waals surface area contributed by atoms with Gasteiger partial charge in [-0.3, -0.25) is 9.59 Å². The lowest BCUT2D eigenvalue weighted by Crippen LogP contribution is -2.32. The Hall–Kier alpha value is -1.88. The van der Waals surface area contributed by atoms with Gasteiger partial charge in [0.2, 0.25) is 5.91 Å². The van der Waals surface area contributed by atoms with E-state index in [-0.39, 0.29) is 18.5 Å². The number of carbonyl (C=O) groups excluding carboxylic acids is 2. The molecule has 0 fully saturated rings. The van der Waals surface area contributed by atoms with E-state index >= 15 is 0 Å². The van der Waals surface area contributed by atoms with E-state index in [1.165, 1.54) is 70.6 Å². The van der Waals surface area contributed by atoms with Gasteiger partial charge in [-0.2, -0.15) is 0 Å². The molecule has 0 saturated heterocycles. The SMILES string of the molecule is CCCCCCCCCCCCCCCC(=O)NCCCCC(N)C(=O)OCc1ccccc1. The fourth-order valence-electron chi connectivity index (χ4n) is 4.06. The molecule has 34 heavy (non-hydrogen) atoms. The normalized spacial score (nSPS) is 11.8. The van der Waals surface area contributed by atoms with Crippen LogP contribution in [0, 0.1) is 0 Å². The molecule has 5 nitrogen and oxygen atoms in total. The zero-order valence-electron chi connectivity index (χ0n) is 21.7. The van der Waals surface area contributed by atoms with Crippen LogP contribution in [0.4, 0.5) is 0 Å². The molecule has 5 heteroatoms. The molecule has 0 aliphatic carbocycles. The predicted octanol–water partition coefficient (Wildman–Crippen LogP) is 6.82. The average molecular weight is 475 g/mol. The van der Waals surface area contributed by atoms with Gasteiger partial charge in [0.15, 0.2) is 0 Å².